The quantitative estimate of drug-likeness (QED) is 0.888. The van der Waals surface area contributed by atoms with Crippen LogP contribution in [0.1, 0.15) is 23.2 Å². The van der Waals surface area contributed by atoms with Crippen molar-refractivity contribution in [3.8, 4) is 11.4 Å². The van der Waals surface area contributed by atoms with Crippen molar-refractivity contribution in [2.24, 2.45) is 0 Å². The second-order valence-electron chi connectivity index (χ2n) is 5.42. The summed E-state index contributed by atoms with van der Waals surface area (Å²) in [6.07, 6.45) is 2.30. The number of tetrazole rings is 1. The van der Waals surface area contributed by atoms with Gasteiger partial charge in [-0.2, -0.15) is 5.21 Å². The van der Waals surface area contributed by atoms with Crippen LogP contribution >= 0.6 is 11.6 Å². The minimum atomic E-state index is -0.123. The molecule has 1 aliphatic heterocycles. The van der Waals surface area contributed by atoms with Crippen molar-refractivity contribution in [1.29, 1.82) is 0 Å². The topological polar surface area (TPSA) is 86.8 Å². The number of amides is 1. The average Bonchev–Trinajstić information content (AvgIpc) is 3.16. The van der Waals surface area contributed by atoms with E-state index in [0.717, 1.165) is 13.0 Å². The van der Waals surface area contributed by atoms with Crippen molar-refractivity contribution in [3.63, 3.8) is 0 Å². The van der Waals surface area contributed by atoms with Gasteiger partial charge in [-0.25, -0.2) is 0 Å². The van der Waals surface area contributed by atoms with E-state index in [4.69, 9.17) is 11.6 Å². The number of nitrogens with one attached hydrogen (secondary N) is 2. The normalized spacial score (nSPS) is 18.5. The van der Waals surface area contributed by atoms with Gasteiger partial charge in [-0.05, 0) is 49.8 Å². The highest BCUT2D eigenvalue weighted by molar-refractivity contribution is 6.33. The molecule has 7 nitrogen and oxygen atoms in total. The van der Waals surface area contributed by atoms with Gasteiger partial charge >= 0.3 is 0 Å². The summed E-state index contributed by atoms with van der Waals surface area (Å²) in [5, 5.41) is 17.0. The predicted octanol–water partition coefficient (Wildman–Crippen LogP) is 1.34. The van der Waals surface area contributed by atoms with Crippen LogP contribution in [0.4, 0.5) is 0 Å². The fourth-order valence-corrected chi connectivity index (χ4v) is 2.93. The number of hydrogen-bond acceptors (Lipinski definition) is 5. The number of likely N-dealkylation sites (tertiary alicyclic amines) is 1. The van der Waals surface area contributed by atoms with Gasteiger partial charge in [-0.1, -0.05) is 11.6 Å². The lowest BCUT2D eigenvalue weighted by Gasteiger charge is -2.19. The van der Waals surface area contributed by atoms with Gasteiger partial charge < -0.3 is 10.2 Å². The molecule has 1 saturated heterocycles. The van der Waals surface area contributed by atoms with Crippen molar-refractivity contribution in [2.45, 2.75) is 18.9 Å². The maximum absolute atomic E-state index is 12.2. The molecule has 8 heteroatoms. The van der Waals surface area contributed by atoms with E-state index in [9.17, 15) is 4.79 Å². The van der Waals surface area contributed by atoms with E-state index in [-0.39, 0.29) is 5.91 Å². The highest BCUT2D eigenvalue weighted by Crippen LogP contribution is 2.25. The maximum atomic E-state index is 12.2. The number of carbonyl (C=O) groups is 1. The third-order valence-corrected chi connectivity index (χ3v) is 4.30. The molecule has 2 heterocycles. The van der Waals surface area contributed by atoms with Crippen LogP contribution in [0.25, 0.3) is 11.4 Å². The largest absolute Gasteiger partial charge is 0.350 e. The Morgan fingerprint density at radius 1 is 1.55 bits per heavy atom. The molecule has 116 valence electrons. The molecule has 0 saturated carbocycles. The molecule has 22 heavy (non-hydrogen) atoms. The molecule has 2 N–H and O–H groups in total. The van der Waals surface area contributed by atoms with Crippen LogP contribution in [0.15, 0.2) is 18.2 Å². The standard InChI is InChI=1S/C14H17ClN6O/c1-21-6-2-3-10(21)8-16-14(22)9-4-5-11(12(15)7-9)13-17-19-20-18-13/h4-5,7,10H,2-3,6,8H2,1H3,(H,16,22)(H,17,18,19,20)/t10-/m0/s1. The zero-order valence-electron chi connectivity index (χ0n) is 12.2. The Morgan fingerprint density at radius 3 is 3.05 bits per heavy atom. The Kier molecular flexibility index (Phi) is 4.35. The number of H-pyrrole nitrogens is 1. The summed E-state index contributed by atoms with van der Waals surface area (Å²) in [4.78, 5) is 14.5. The van der Waals surface area contributed by atoms with Crippen molar-refractivity contribution in [3.05, 3.63) is 28.8 Å². The summed E-state index contributed by atoms with van der Waals surface area (Å²) < 4.78 is 0. The summed E-state index contributed by atoms with van der Waals surface area (Å²) in [6.45, 7) is 1.74. The van der Waals surface area contributed by atoms with Gasteiger partial charge in [0.2, 0.25) is 5.82 Å². The van der Waals surface area contributed by atoms with Crippen LogP contribution in [-0.4, -0.2) is 57.6 Å². The van der Waals surface area contributed by atoms with Crippen LogP contribution in [0.5, 0.6) is 0 Å². The van der Waals surface area contributed by atoms with E-state index in [1.807, 2.05) is 0 Å². The highest BCUT2D eigenvalue weighted by atomic mass is 35.5. The Hall–Kier alpha value is -1.99. The number of hydrogen-bond donors (Lipinski definition) is 2. The van der Waals surface area contributed by atoms with Gasteiger partial charge in [0.25, 0.3) is 5.91 Å². The summed E-state index contributed by atoms with van der Waals surface area (Å²) in [6, 6.07) is 5.48. The first kappa shape index (κ1) is 14.9. The molecule has 0 radical (unpaired) electrons. The second kappa shape index (κ2) is 6.41. The fraction of sp³-hybridized carbons (Fsp3) is 0.429. The van der Waals surface area contributed by atoms with Gasteiger partial charge in [-0.3, -0.25) is 4.79 Å². The first-order chi connectivity index (χ1) is 10.6. The Labute approximate surface area is 133 Å². The minimum absolute atomic E-state index is 0.123. The molecule has 1 aromatic carbocycles. The highest BCUT2D eigenvalue weighted by Gasteiger charge is 2.21. The fourth-order valence-electron chi connectivity index (χ4n) is 2.66. The van der Waals surface area contributed by atoms with Crippen LogP contribution in [0.3, 0.4) is 0 Å². The summed E-state index contributed by atoms with van der Waals surface area (Å²) >= 11 is 6.21. The third-order valence-electron chi connectivity index (χ3n) is 3.99. The SMILES string of the molecule is CN1CCC[C@H]1CNC(=O)c1ccc(-c2nn[nH]n2)c(Cl)c1. The Bertz CT molecular complexity index is 659. The molecule has 1 atom stereocenters. The molecule has 1 fully saturated rings. The van der Waals surface area contributed by atoms with Crippen LogP contribution < -0.4 is 5.32 Å². The lowest BCUT2D eigenvalue weighted by Crippen LogP contribution is -2.38. The zero-order valence-corrected chi connectivity index (χ0v) is 13.0. The number of rotatable bonds is 4. The molecular formula is C14H17ClN6O. The van der Waals surface area contributed by atoms with Crippen molar-refractivity contribution in [2.75, 3.05) is 20.1 Å². The average molecular weight is 321 g/mol. The summed E-state index contributed by atoms with van der Waals surface area (Å²) in [5.41, 5.74) is 1.17. The van der Waals surface area contributed by atoms with Gasteiger partial charge in [-0.15, -0.1) is 10.2 Å². The molecule has 1 aromatic heterocycles. The summed E-state index contributed by atoms with van der Waals surface area (Å²) in [7, 11) is 2.08. The molecule has 0 bridgehead atoms. The van der Waals surface area contributed by atoms with Gasteiger partial charge in [0.1, 0.15) is 0 Å². The Balaban J connectivity index is 1.67. The number of benzene rings is 1. The lowest BCUT2D eigenvalue weighted by molar-refractivity contribution is 0.0943. The first-order valence-electron chi connectivity index (χ1n) is 7.17. The lowest BCUT2D eigenvalue weighted by atomic mass is 10.1. The second-order valence-corrected chi connectivity index (χ2v) is 5.82. The molecule has 3 rings (SSSR count). The minimum Gasteiger partial charge on any atom is -0.350 e. The van der Waals surface area contributed by atoms with Crippen molar-refractivity contribution < 1.29 is 4.79 Å². The Morgan fingerprint density at radius 2 is 2.41 bits per heavy atom. The number of halogens is 1. The smallest absolute Gasteiger partial charge is 0.251 e. The molecule has 0 aliphatic carbocycles. The molecule has 0 spiro atoms. The number of aromatic amines is 1. The predicted molar refractivity (Wildman–Crippen MR) is 82.6 cm³/mol. The number of likely N-dealkylation sites (N-methyl/N-ethyl adjacent to an activating group) is 1. The van der Waals surface area contributed by atoms with Crippen LogP contribution in [-0.2, 0) is 0 Å². The van der Waals surface area contributed by atoms with E-state index in [0.29, 0.717) is 34.6 Å². The van der Waals surface area contributed by atoms with Gasteiger partial charge in [0.05, 0.1) is 5.02 Å². The molecular weight excluding hydrogens is 304 g/mol. The van der Waals surface area contributed by atoms with Crippen molar-refractivity contribution >= 4 is 17.5 Å². The number of aromatic nitrogens is 4. The maximum Gasteiger partial charge on any atom is 0.251 e. The van der Waals surface area contributed by atoms with E-state index in [2.05, 4.69) is 37.9 Å². The zero-order chi connectivity index (χ0) is 15.5. The molecule has 1 amide bonds. The van der Waals surface area contributed by atoms with Gasteiger partial charge in [0, 0.05) is 23.7 Å². The van der Waals surface area contributed by atoms with E-state index < -0.39 is 0 Å². The number of nitrogens with zero attached hydrogens (tertiary/aromatic N) is 4. The first-order valence-corrected chi connectivity index (χ1v) is 7.55. The third kappa shape index (κ3) is 3.10. The van der Waals surface area contributed by atoms with Crippen LogP contribution in [0, 0.1) is 0 Å². The molecule has 0 unspecified atom stereocenters. The molecule has 1 aliphatic rings. The molecule has 2 aromatic rings. The summed E-state index contributed by atoms with van der Waals surface area (Å²) in [5.74, 6) is 0.284. The van der Waals surface area contributed by atoms with Gasteiger partial charge in [0.15, 0.2) is 0 Å². The monoisotopic (exact) mass is 320 g/mol. The van der Waals surface area contributed by atoms with E-state index in [1.165, 1.54) is 6.42 Å². The van der Waals surface area contributed by atoms with Crippen molar-refractivity contribution in [1.82, 2.24) is 30.8 Å². The van der Waals surface area contributed by atoms with E-state index in [1.54, 1.807) is 18.2 Å². The number of carbonyl (C=O) groups excluding carboxylic acids is 1. The van der Waals surface area contributed by atoms with E-state index >= 15 is 0 Å². The van der Waals surface area contributed by atoms with Crippen LogP contribution in [0.2, 0.25) is 5.02 Å².